The topological polar surface area (TPSA) is 169 Å². The second kappa shape index (κ2) is 23.6. The summed E-state index contributed by atoms with van der Waals surface area (Å²) in [6, 6.07) is 25.1. The minimum Gasteiger partial charge on any atom is -0.390 e. The molecule has 0 radical (unpaired) electrons. The monoisotopic (exact) mass is 1100 g/mol. The van der Waals surface area contributed by atoms with Crippen molar-refractivity contribution in [2.24, 2.45) is 5.41 Å². The number of alkyl halides is 3. The van der Waals surface area contributed by atoms with Crippen LogP contribution in [-0.2, 0) is 29.3 Å². The summed E-state index contributed by atoms with van der Waals surface area (Å²) in [5, 5.41) is 22.4. The van der Waals surface area contributed by atoms with Gasteiger partial charge >= 0.3 is 5.51 Å². The first kappa shape index (κ1) is 56.0. The van der Waals surface area contributed by atoms with E-state index in [0.29, 0.717) is 57.0 Å². The Labute approximate surface area is 441 Å². The molecule has 3 heterocycles. The predicted molar refractivity (Wildman–Crippen MR) is 282 cm³/mol. The minimum absolute atomic E-state index is 0.0492. The Morgan fingerprint density at radius 2 is 1.58 bits per heavy atom. The third-order valence-corrected chi connectivity index (χ3v) is 18.7. The zero-order valence-corrected chi connectivity index (χ0v) is 44.9. The number of carbonyl (C=O) groups excluding carboxylic acids is 1. The summed E-state index contributed by atoms with van der Waals surface area (Å²) in [6.45, 7) is 12.5. The van der Waals surface area contributed by atoms with Gasteiger partial charge in [-0.1, -0.05) is 61.4 Å². The number of sulfonamides is 1. The highest BCUT2D eigenvalue weighted by atomic mass is 35.5. The fraction of sp³-hybridized carbons (Fsp3) is 0.491. The van der Waals surface area contributed by atoms with Crippen molar-refractivity contribution in [2.75, 3.05) is 81.1 Å². The maximum Gasteiger partial charge on any atom is 0.501 e. The van der Waals surface area contributed by atoms with Crippen molar-refractivity contribution in [1.29, 1.82) is 0 Å². The molecule has 0 bridgehead atoms. The Bertz CT molecular complexity index is 2820. The van der Waals surface area contributed by atoms with Crippen LogP contribution < -0.4 is 14.5 Å². The summed E-state index contributed by atoms with van der Waals surface area (Å²) in [7, 11) is -11.3. The Morgan fingerprint density at radius 3 is 2.23 bits per heavy atom. The van der Waals surface area contributed by atoms with Crippen LogP contribution >= 0.6 is 23.4 Å². The van der Waals surface area contributed by atoms with Gasteiger partial charge in [0.05, 0.1) is 36.0 Å². The van der Waals surface area contributed by atoms with Crippen LogP contribution in [0.4, 0.5) is 24.5 Å². The van der Waals surface area contributed by atoms with Gasteiger partial charge in [0.1, 0.15) is 17.2 Å². The molecule has 4 aromatic carbocycles. The zero-order valence-electron chi connectivity index (χ0n) is 41.7. The summed E-state index contributed by atoms with van der Waals surface area (Å²) in [6.07, 6.45) is -2.00. The number of sulfone groups is 1. The van der Waals surface area contributed by atoms with Crippen LogP contribution in [0.25, 0.3) is 5.57 Å². The van der Waals surface area contributed by atoms with Crippen LogP contribution in [0.3, 0.4) is 0 Å². The summed E-state index contributed by atoms with van der Waals surface area (Å²) < 4.78 is 114. The molecule has 3 N–H and O–H groups in total. The number of amides is 1. The Kier molecular flexibility index (Phi) is 17.8. The van der Waals surface area contributed by atoms with Crippen molar-refractivity contribution in [3.8, 4) is 0 Å². The van der Waals surface area contributed by atoms with Crippen molar-refractivity contribution in [3.05, 3.63) is 119 Å². The highest BCUT2D eigenvalue weighted by Crippen LogP contribution is 2.44. The molecule has 4 aliphatic rings. The van der Waals surface area contributed by atoms with Crippen molar-refractivity contribution in [2.45, 2.75) is 104 Å². The SMILES string of the molecule is C[C@@H]1O[C@@H](N(c2ccc(S(=O)(=O)NC(=O)c3ccc(N4CCN(CC5=C(c6ccc(Cl)cc6)CCC(C)(C)C5)CC4)cc3)cc2S(=O)(=O)C(F)(F)F)[C@H](CCN2CCOCC2)CSc2ccccc2)C[C@H](O)[C@@H]1O. The van der Waals surface area contributed by atoms with Crippen molar-refractivity contribution in [1.82, 2.24) is 14.5 Å². The molecule has 1 aliphatic carbocycles. The number of anilines is 2. The van der Waals surface area contributed by atoms with E-state index in [9.17, 15) is 45.0 Å². The van der Waals surface area contributed by atoms with Crippen LogP contribution in [0, 0.1) is 5.41 Å². The van der Waals surface area contributed by atoms with Gasteiger partial charge in [0, 0.05) is 91.7 Å². The number of halogens is 4. The number of aliphatic hydroxyl groups is 2. The number of aliphatic hydroxyl groups excluding tert-OH is 2. The van der Waals surface area contributed by atoms with E-state index in [2.05, 4.69) is 40.7 Å². The number of nitrogens with one attached hydrogen (secondary N) is 1. The van der Waals surface area contributed by atoms with Gasteiger partial charge in [-0.25, -0.2) is 21.6 Å². The van der Waals surface area contributed by atoms with E-state index in [4.69, 9.17) is 21.1 Å². The van der Waals surface area contributed by atoms with Crippen molar-refractivity contribution < 1.29 is 54.5 Å². The largest absolute Gasteiger partial charge is 0.501 e. The van der Waals surface area contributed by atoms with E-state index in [-0.39, 0.29) is 29.6 Å². The first-order chi connectivity index (χ1) is 35.1. The summed E-state index contributed by atoms with van der Waals surface area (Å²) in [5.74, 6) is -0.882. The van der Waals surface area contributed by atoms with Gasteiger partial charge in [-0.15, -0.1) is 11.8 Å². The van der Waals surface area contributed by atoms with E-state index < -0.39 is 77.3 Å². The molecule has 8 rings (SSSR count). The Morgan fingerprint density at radius 1 is 0.905 bits per heavy atom. The minimum atomic E-state index is -6.31. The fourth-order valence-electron chi connectivity index (χ4n) is 10.3. The number of morpholine rings is 1. The number of piperazine rings is 1. The van der Waals surface area contributed by atoms with Crippen LogP contribution in [0.15, 0.2) is 117 Å². The van der Waals surface area contributed by atoms with Crippen LogP contribution in [-0.4, -0.2) is 150 Å². The number of carbonyl (C=O) groups is 1. The molecular formula is C53H65ClF3N5O9S3. The molecule has 3 saturated heterocycles. The average Bonchev–Trinajstić information content (AvgIpc) is 3.37. The number of hydrogen-bond donors (Lipinski definition) is 3. The van der Waals surface area contributed by atoms with E-state index in [0.717, 1.165) is 61.6 Å². The lowest BCUT2D eigenvalue weighted by Crippen LogP contribution is -2.57. The molecule has 3 fully saturated rings. The molecule has 5 atom stereocenters. The second-order valence-electron chi connectivity index (χ2n) is 20.3. The van der Waals surface area contributed by atoms with Gasteiger partial charge in [-0.3, -0.25) is 14.6 Å². The summed E-state index contributed by atoms with van der Waals surface area (Å²) >= 11 is 7.58. The molecule has 0 saturated carbocycles. The summed E-state index contributed by atoms with van der Waals surface area (Å²) in [5.41, 5.74) is -1.44. The fourth-order valence-corrected chi connectivity index (χ4v) is 13.5. The highest BCUT2D eigenvalue weighted by Gasteiger charge is 2.50. The number of nitrogens with zero attached hydrogens (tertiary/aromatic N) is 4. The van der Waals surface area contributed by atoms with Crippen molar-refractivity contribution in [3.63, 3.8) is 0 Å². The molecule has 74 heavy (non-hydrogen) atoms. The quantitative estimate of drug-likeness (QED) is 0.0868. The number of allylic oxidation sites excluding steroid dienone is 1. The highest BCUT2D eigenvalue weighted by molar-refractivity contribution is 7.99. The summed E-state index contributed by atoms with van der Waals surface area (Å²) in [4.78, 5) is 20.3. The maximum atomic E-state index is 14.8. The van der Waals surface area contributed by atoms with E-state index in [1.54, 1.807) is 12.1 Å². The molecule has 0 unspecified atom stereocenters. The first-order valence-electron chi connectivity index (χ1n) is 24.9. The molecule has 3 aliphatic heterocycles. The van der Waals surface area contributed by atoms with Crippen LogP contribution in [0.1, 0.15) is 68.8 Å². The standard InChI is InChI=1S/C53H65ClF3N5O9S3/c1-36-50(64)47(63)32-49(71-36)62(42(20-22-59-27-29-70-30-28-59)35-72-43-7-5-4-6-8-43)46-18-17-44(31-48(46)73(66,67)53(55,56)57)74(68,69)58-51(65)38-11-15-41(16-12-38)61-25-23-60(24-26-61)34-39-33-52(2,3)21-19-45(39)37-9-13-40(54)14-10-37/h4-18,31,36,42,47,49-50,63-64H,19-30,32-35H2,1-3H3,(H,58,65)/t36-,42+,47-,49+,50+/m0/s1. The average molecular weight is 1100 g/mol. The lowest BCUT2D eigenvalue weighted by Gasteiger charge is -2.46. The molecule has 0 spiro atoms. The number of rotatable bonds is 17. The van der Waals surface area contributed by atoms with E-state index >= 15 is 0 Å². The third-order valence-electron chi connectivity index (χ3n) is 14.4. The molecule has 0 aromatic heterocycles. The number of hydrogen-bond acceptors (Lipinski definition) is 14. The first-order valence-corrected chi connectivity index (χ1v) is 29.3. The number of ether oxygens (including phenoxy) is 2. The predicted octanol–water partition coefficient (Wildman–Crippen LogP) is 8.08. The molecule has 21 heteroatoms. The smallest absolute Gasteiger partial charge is 0.390 e. The number of benzene rings is 4. The second-order valence-corrected chi connectivity index (χ2v) is 25.4. The number of thioether (sulfide) groups is 1. The van der Waals surface area contributed by atoms with Gasteiger partial charge in [0.2, 0.25) is 0 Å². The van der Waals surface area contributed by atoms with Crippen LogP contribution in [0.2, 0.25) is 5.02 Å². The van der Waals surface area contributed by atoms with Gasteiger partial charge in [-0.05, 0) is 116 Å². The molecule has 14 nitrogen and oxygen atoms in total. The maximum absolute atomic E-state index is 14.8. The van der Waals surface area contributed by atoms with Gasteiger partial charge < -0.3 is 29.5 Å². The van der Waals surface area contributed by atoms with Gasteiger partial charge in [-0.2, -0.15) is 13.2 Å². The Hall–Kier alpha value is -4.22. The zero-order chi connectivity index (χ0) is 53.0. The van der Waals surface area contributed by atoms with Crippen LogP contribution in [0.5, 0.6) is 0 Å². The lowest BCUT2D eigenvalue weighted by atomic mass is 9.73. The van der Waals surface area contributed by atoms with Gasteiger partial charge in [0.25, 0.3) is 25.8 Å². The lowest BCUT2D eigenvalue weighted by molar-refractivity contribution is -0.162. The van der Waals surface area contributed by atoms with E-state index in [1.807, 2.05) is 47.2 Å². The molecular weight excluding hydrogens is 1040 g/mol. The van der Waals surface area contributed by atoms with Crippen molar-refractivity contribution >= 4 is 66.1 Å². The molecule has 4 aromatic rings. The molecule has 402 valence electrons. The Balaban J connectivity index is 1.02. The normalized spacial score (nSPS) is 22.9. The third kappa shape index (κ3) is 13.5. The van der Waals surface area contributed by atoms with E-state index in [1.165, 1.54) is 52.4 Å². The molecule has 1 amide bonds. The van der Waals surface area contributed by atoms with Gasteiger partial charge in [0.15, 0.2) is 0 Å².